The molecule has 2 aromatic rings. The molecule has 140 valence electrons. The van der Waals surface area contributed by atoms with E-state index in [1.807, 2.05) is 24.3 Å². The number of benzene rings is 1. The van der Waals surface area contributed by atoms with Gasteiger partial charge in [0, 0.05) is 29.2 Å². The molecule has 0 bridgehead atoms. The monoisotopic (exact) mass is 356 g/mol. The molecule has 1 aromatic heterocycles. The zero-order valence-corrected chi connectivity index (χ0v) is 16.2. The predicted octanol–water partition coefficient (Wildman–Crippen LogP) is 3.33. The minimum atomic E-state index is -0.201. The SMILES string of the molecule is COc1ccc(NCC(=O)N/N=C\c2cc(C)n(CC(C)C)c2C)cc1. The Morgan fingerprint density at radius 3 is 2.58 bits per heavy atom. The van der Waals surface area contributed by atoms with E-state index in [2.05, 4.69) is 54.2 Å². The largest absolute Gasteiger partial charge is 0.497 e. The van der Waals surface area contributed by atoms with E-state index < -0.39 is 0 Å². The molecule has 2 N–H and O–H groups in total. The molecule has 0 atom stereocenters. The third-order valence-corrected chi connectivity index (χ3v) is 4.10. The lowest BCUT2D eigenvalue weighted by Crippen LogP contribution is -2.25. The number of hydrazone groups is 1. The number of hydrogen-bond acceptors (Lipinski definition) is 4. The van der Waals surface area contributed by atoms with Crippen molar-refractivity contribution in [1.29, 1.82) is 0 Å². The smallest absolute Gasteiger partial charge is 0.259 e. The van der Waals surface area contributed by atoms with E-state index in [1.54, 1.807) is 13.3 Å². The van der Waals surface area contributed by atoms with Crippen LogP contribution in [0.3, 0.4) is 0 Å². The Bertz CT molecular complexity index is 761. The number of aryl methyl sites for hydroxylation is 1. The normalized spacial score (nSPS) is 11.2. The molecule has 0 fully saturated rings. The molecule has 0 radical (unpaired) electrons. The van der Waals surface area contributed by atoms with E-state index in [9.17, 15) is 4.79 Å². The Morgan fingerprint density at radius 1 is 1.27 bits per heavy atom. The van der Waals surface area contributed by atoms with Crippen LogP contribution in [0, 0.1) is 19.8 Å². The Hall–Kier alpha value is -2.76. The van der Waals surface area contributed by atoms with Crippen LogP contribution in [-0.2, 0) is 11.3 Å². The summed E-state index contributed by atoms with van der Waals surface area (Å²) in [5.41, 5.74) is 6.78. The number of aromatic nitrogens is 1. The van der Waals surface area contributed by atoms with E-state index in [-0.39, 0.29) is 12.5 Å². The number of rotatable bonds is 8. The van der Waals surface area contributed by atoms with Gasteiger partial charge in [-0.2, -0.15) is 5.10 Å². The molecule has 0 saturated carbocycles. The van der Waals surface area contributed by atoms with E-state index >= 15 is 0 Å². The maximum atomic E-state index is 11.9. The van der Waals surface area contributed by atoms with Gasteiger partial charge in [-0.3, -0.25) is 4.79 Å². The molecule has 6 heteroatoms. The number of carbonyl (C=O) groups is 1. The Kier molecular flexibility index (Phi) is 6.83. The van der Waals surface area contributed by atoms with Crippen molar-refractivity contribution >= 4 is 17.8 Å². The average Bonchev–Trinajstić information content (AvgIpc) is 2.87. The van der Waals surface area contributed by atoms with Gasteiger partial charge in [-0.15, -0.1) is 0 Å². The summed E-state index contributed by atoms with van der Waals surface area (Å²) in [7, 11) is 1.62. The lowest BCUT2D eigenvalue weighted by Gasteiger charge is -2.11. The fourth-order valence-corrected chi connectivity index (χ4v) is 2.71. The fourth-order valence-electron chi connectivity index (χ4n) is 2.71. The molecule has 1 amide bonds. The van der Waals surface area contributed by atoms with Crippen molar-refractivity contribution in [3.05, 3.63) is 47.3 Å². The summed E-state index contributed by atoms with van der Waals surface area (Å²) in [6.45, 7) is 9.68. The molecule has 1 aromatic carbocycles. The number of methoxy groups -OCH3 is 1. The van der Waals surface area contributed by atoms with E-state index in [0.29, 0.717) is 5.92 Å². The van der Waals surface area contributed by atoms with Crippen LogP contribution < -0.4 is 15.5 Å². The summed E-state index contributed by atoms with van der Waals surface area (Å²) >= 11 is 0. The number of amides is 1. The molecular formula is C20H28N4O2. The molecule has 6 nitrogen and oxygen atoms in total. The first-order valence-electron chi connectivity index (χ1n) is 8.77. The highest BCUT2D eigenvalue weighted by Crippen LogP contribution is 2.16. The van der Waals surface area contributed by atoms with Gasteiger partial charge in [0.25, 0.3) is 5.91 Å². The van der Waals surface area contributed by atoms with Gasteiger partial charge in [0.1, 0.15) is 5.75 Å². The number of carbonyl (C=O) groups excluding carboxylic acids is 1. The van der Waals surface area contributed by atoms with Gasteiger partial charge in [0.05, 0.1) is 19.9 Å². The summed E-state index contributed by atoms with van der Waals surface area (Å²) in [4.78, 5) is 11.9. The van der Waals surface area contributed by atoms with Crippen LogP contribution in [0.2, 0.25) is 0 Å². The highest BCUT2D eigenvalue weighted by molar-refractivity contribution is 5.85. The van der Waals surface area contributed by atoms with Gasteiger partial charge in [-0.1, -0.05) is 13.8 Å². The quantitative estimate of drug-likeness (QED) is 0.563. The zero-order chi connectivity index (χ0) is 19.1. The van der Waals surface area contributed by atoms with Crippen LogP contribution in [0.5, 0.6) is 5.75 Å². The lowest BCUT2D eigenvalue weighted by molar-refractivity contribution is -0.119. The van der Waals surface area contributed by atoms with Crippen molar-refractivity contribution in [2.24, 2.45) is 11.0 Å². The van der Waals surface area contributed by atoms with Crippen LogP contribution in [-0.4, -0.2) is 30.3 Å². The third kappa shape index (κ3) is 5.37. The zero-order valence-electron chi connectivity index (χ0n) is 16.2. The summed E-state index contributed by atoms with van der Waals surface area (Å²) in [5, 5.41) is 7.12. The summed E-state index contributed by atoms with van der Waals surface area (Å²) in [5.74, 6) is 1.15. The standard InChI is InChI=1S/C20H28N4O2/c1-14(2)13-24-15(3)10-17(16(24)4)11-22-23-20(25)12-21-18-6-8-19(26-5)9-7-18/h6-11,14,21H,12-13H2,1-5H3,(H,23,25)/b22-11-. The topological polar surface area (TPSA) is 67.7 Å². The number of anilines is 1. The van der Waals surface area contributed by atoms with Gasteiger partial charge < -0.3 is 14.6 Å². The second-order valence-corrected chi connectivity index (χ2v) is 6.71. The maximum Gasteiger partial charge on any atom is 0.259 e. The number of nitrogens with one attached hydrogen (secondary N) is 2. The van der Waals surface area contributed by atoms with Crippen LogP contribution in [0.4, 0.5) is 5.69 Å². The van der Waals surface area contributed by atoms with E-state index in [4.69, 9.17) is 4.74 Å². The lowest BCUT2D eigenvalue weighted by atomic mass is 10.2. The van der Waals surface area contributed by atoms with Gasteiger partial charge in [-0.05, 0) is 50.1 Å². The molecule has 0 unspecified atom stereocenters. The maximum absolute atomic E-state index is 11.9. The van der Waals surface area contributed by atoms with Crippen LogP contribution in [0.1, 0.15) is 30.8 Å². The van der Waals surface area contributed by atoms with Crippen molar-refractivity contribution in [2.75, 3.05) is 19.0 Å². The van der Waals surface area contributed by atoms with E-state index in [1.165, 1.54) is 5.69 Å². The predicted molar refractivity (Wildman–Crippen MR) is 106 cm³/mol. The molecule has 0 spiro atoms. The van der Waals surface area contributed by atoms with Gasteiger partial charge in [0.2, 0.25) is 0 Å². The molecule has 1 heterocycles. The Morgan fingerprint density at radius 2 is 1.96 bits per heavy atom. The first-order valence-corrected chi connectivity index (χ1v) is 8.77. The second kappa shape index (κ2) is 9.08. The van der Waals surface area contributed by atoms with Crippen molar-refractivity contribution in [1.82, 2.24) is 9.99 Å². The molecule has 0 saturated heterocycles. The fraction of sp³-hybridized carbons (Fsp3) is 0.400. The van der Waals surface area contributed by atoms with Crippen LogP contribution >= 0.6 is 0 Å². The van der Waals surface area contributed by atoms with Crippen molar-refractivity contribution < 1.29 is 9.53 Å². The second-order valence-electron chi connectivity index (χ2n) is 6.71. The minimum absolute atomic E-state index is 0.149. The first-order chi connectivity index (χ1) is 12.4. The number of ether oxygens (including phenoxy) is 1. The van der Waals surface area contributed by atoms with Gasteiger partial charge in [-0.25, -0.2) is 5.43 Å². The molecule has 0 aliphatic heterocycles. The summed E-state index contributed by atoms with van der Waals surface area (Å²) < 4.78 is 7.38. The summed E-state index contributed by atoms with van der Waals surface area (Å²) in [6, 6.07) is 9.48. The highest BCUT2D eigenvalue weighted by Gasteiger charge is 2.08. The molecular weight excluding hydrogens is 328 g/mol. The molecule has 26 heavy (non-hydrogen) atoms. The molecule has 0 aliphatic rings. The van der Waals surface area contributed by atoms with Crippen LogP contribution in [0.25, 0.3) is 0 Å². The highest BCUT2D eigenvalue weighted by atomic mass is 16.5. The Labute approximate surface area is 155 Å². The van der Waals surface area contributed by atoms with Gasteiger partial charge >= 0.3 is 0 Å². The van der Waals surface area contributed by atoms with Gasteiger partial charge in [0.15, 0.2) is 0 Å². The Balaban J connectivity index is 1.86. The van der Waals surface area contributed by atoms with E-state index in [0.717, 1.165) is 29.2 Å². The first kappa shape index (κ1) is 19.6. The third-order valence-electron chi connectivity index (χ3n) is 4.10. The van der Waals surface area contributed by atoms with Crippen LogP contribution in [0.15, 0.2) is 35.4 Å². The average molecular weight is 356 g/mol. The number of nitrogens with zero attached hydrogens (tertiary/aromatic N) is 2. The molecule has 0 aliphatic carbocycles. The minimum Gasteiger partial charge on any atom is -0.497 e. The molecule has 2 rings (SSSR count). The van der Waals surface area contributed by atoms with Crippen molar-refractivity contribution in [3.63, 3.8) is 0 Å². The van der Waals surface area contributed by atoms with Crippen molar-refractivity contribution in [2.45, 2.75) is 34.2 Å². The number of hydrogen-bond donors (Lipinski definition) is 2. The summed E-state index contributed by atoms with van der Waals surface area (Å²) in [6.07, 6.45) is 1.70. The van der Waals surface area contributed by atoms with Crippen molar-refractivity contribution in [3.8, 4) is 5.75 Å².